The van der Waals surface area contributed by atoms with Crippen molar-refractivity contribution in [1.82, 2.24) is 10.2 Å². The first-order valence-corrected chi connectivity index (χ1v) is 10.1. The van der Waals surface area contributed by atoms with Crippen LogP contribution >= 0.6 is 11.6 Å². The summed E-state index contributed by atoms with van der Waals surface area (Å²) in [5.74, 6) is -1.43. The van der Waals surface area contributed by atoms with E-state index < -0.39 is 23.5 Å². The Morgan fingerprint density at radius 2 is 1.79 bits per heavy atom. The van der Waals surface area contributed by atoms with Crippen molar-refractivity contribution in [3.8, 4) is 17.2 Å². The molecule has 0 aliphatic rings. The topological polar surface area (TPSA) is 77.2 Å². The van der Waals surface area contributed by atoms with Gasteiger partial charge in [-0.15, -0.1) is 10.2 Å². The van der Waals surface area contributed by atoms with Gasteiger partial charge in [-0.3, -0.25) is 4.79 Å². The summed E-state index contributed by atoms with van der Waals surface area (Å²) in [4.78, 5) is 12.3. The predicted octanol–water partition coefficient (Wildman–Crippen LogP) is 6.38. The summed E-state index contributed by atoms with van der Waals surface area (Å²) < 4.78 is 63.8. The van der Waals surface area contributed by atoms with Crippen LogP contribution in [-0.4, -0.2) is 16.1 Å². The summed E-state index contributed by atoms with van der Waals surface area (Å²) in [6.45, 7) is -0.215. The largest absolute Gasteiger partial charge is 0.481 e. The molecule has 4 rings (SSSR count). The summed E-state index contributed by atoms with van der Waals surface area (Å²) in [5, 5.41) is 10.6. The Labute approximate surface area is 195 Å². The number of aromatic nitrogens is 2. The molecule has 34 heavy (non-hydrogen) atoms. The fourth-order valence-corrected chi connectivity index (χ4v) is 3.02. The lowest BCUT2D eigenvalue weighted by Crippen LogP contribution is -2.14. The minimum absolute atomic E-state index is 0.0371. The Hall–Kier alpha value is -3.92. The number of alkyl halides is 3. The SMILES string of the molecule is O=C(Nc1ccc(OCc2nnc(-c3ccc(Cl)cc3)o2)c(F)c1)c1cccc(C(F)(F)F)c1. The van der Waals surface area contributed by atoms with Crippen LogP contribution < -0.4 is 10.1 Å². The van der Waals surface area contributed by atoms with Crippen molar-refractivity contribution < 1.29 is 31.5 Å². The standard InChI is InChI=1S/C23H14ClF4N3O3/c24-16-6-4-13(5-7-16)22-31-30-20(34-22)12-33-19-9-8-17(11-18(19)25)29-21(32)14-2-1-3-15(10-14)23(26,27)28/h1-11H,12H2,(H,29,32). The van der Waals surface area contributed by atoms with Gasteiger partial charge >= 0.3 is 6.18 Å². The van der Waals surface area contributed by atoms with Crippen LogP contribution in [0.15, 0.2) is 71.1 Å². The van der Waals surface area contributed by atoms with Crippen LogP contribution in [0.5, 0.6) is 5.75 Å². The second-order valence-corrected chi connectivity index (χ2v) is 7.41. The molecule has 3 aromatic carbocycles. The third-order valence-corrected chi connectivity index (χ3v) is 4.80. The van der Waals surface area contributed by atoms with E-state index in [0.717, 1.165) is 18.2 Å². The third-order valence-electron chi connectivity index (χ3n) is 4.55. The number of rotatable bonds is 6. The Bertz CT molecular complexity index is 1320. The van der Waals surface area contributed by atoms with Gasteiger partial charge in [-0.05, 0) is 54.6 Å². The highest BCUT2D eigenvalue weighted by Gasteiger charge is 2.30. The van der Waals surface area contributed by atoms with E-state index in [2.05, 4.69) is 15.5 Å². The second kappa shape index (κ2) is 9.52. The van der Waals surface area contributed by atoms with Crippen LogP contribution in [0.1, 0.15) is 21.8 Å². The van der Waals surface area contributed by atoms with Crippen LogP contribution in [0, 0.1) is 5.82 Å². The quantitative estimate of drug-likeness (QED) is 0.317. The summed E-state index contributed by atoms with van der Waals surface area (Å²) in [5.41, 5.74) is -0.496. The van der Waals surface area contributed by atoms with E-state index >= 15 is 0 Å². The van der Waals surface area contributed by atoms with E-state index in [1.807, 2.05) is 0 Å². The molecule has 0 aliphatic heterocycles. The molecule has 1 N–H and O–H groups in total. The summed E-state index contributed by atoms with van der Waals surface area (Å²) in [7, 11) is 0. The van der Waals surface area contributed by atoms with E-state index in [9.17, 15) is 22.4 Å². The summed E-state index contributed by atoms with van der Waals surface area (Å²) in [6, 6.07) is 14.2. The van der Waals surface area contributed by atoms with Gasteiger partial charge < -0.3 is 14.5 Å². The van der Waals surface area contributed by atoms with Gasteiger partial charge in [0.05, 0.1) is 5.56 Å². The molecule has 0 aliphatic carbocycles. The molecule has 0 bridgehead atoms. The van der Waals surface area contributed by atoms with E-state index in [-0.39, 0.29) is 35.4 Å². The molecule has 0 fully saturated rings. The number of ether oxygens (including phenoxy) is 1. The molecule has 11 heteroatoms. The smallest absolute Gasteiger partial charge is 0.416 e. The Morgan fingerprint density at radius 1 is 1.03 bits per heavy atom. The van der Waals surface area contributed by atoms with E-state index in [1.54, 1.807) is 24.3 Å². The monoisotopic (exact) mass is 491 g/mol. The fraction of sp³-hybridized carbons (Fsp3) is 0.0870. The molecule has 0 atom stereocenters. The van der Waals surface area contributed by atoms with Crippen LogP contribution in [0.4, 0.5) is 23.2 Å². The second-order valence-electron chi connectivity index (χ2n) is 6.97. The first-order chi connectivity index (χ1) is 16.2. The molecule has 0 saturated heterocycles. The lowest BCUT2D eigenvalue weighted by molar-refractivity contribution is -0.137. The molecule has 0 spiro atoms. The minimum atomic E-state index is -4.59. The number of nitrogens with zero attached hydrogens (tertiary/aromatic N) is 2. The van der Waals surface area contributed by atoms with Crippen molar-refractivity contribution in [2.75, 3.05) is 5.32 Å². The molecule has 0 radical (unpaired) electrons. The number of carbonyl (C=O) groups excluding carboxylic acids is 1. The molecule has 1 heterocycles. The maximum Gasteiger partial charge on any atom is 0.416 e. The molecule has 1 aromatic heterocycles. The molecule has 0 saturated carbocycles. The van der Waals surface area contributed by atoms with Crippen molar-refractivity contribution in [1.29, 1.82) is 0 Å². The van der Waals surface area contributed by atoms with Gasteiger partial charge in [-0.2, -0.15) is 13.2 Å². The average Bonchev–Trinajstić information content (AvgIpc) is 3.27. The Morgan fingerprint density at radius 3 is 2.50 bits per heavy atom. The number of benzene rings is 3. The van der Waals surface area contributed by atoms with Crippen molar-refractivity contribution in [3.63, 3.8) is 0 Å². The summed E-state index contributed by atoms with van der Waals surface area (Å²) in [6.07, 6.45) is -4.59. The van der Waals surface area contributed by atoms with E-state index in [4.69, 9.17) is 20.8 Å². The zero-order chi connectivity index (χ0) is 24.3. The van der Waals surface area contributed by atoms with Crippen LogP contribution in [0.2, 0.25) is 5.02 Å². The van der Waals surface area contributed by atoms with Crippen LogP contribution in [-0.2, 0) is 12.8 Å². The Kier molecular flexibility index (Phi) is 6.51. The van der Waals surface area contributed by atoms with Gasteiger partial charge in [0.25, 0.3) is 11.8 Å². The molecule has 0 unspecified atom stereocenters. The Balaban J connectivity index is 1.39. The van der Waals surface area contributed by atoms with Crippen LogP contribution in [0.25, 0.3) is 11.5 Å². The maximum absolute atomic E-state index is 14.4. The lowest BCUT2D eigenvalue weighted by Gasteiger charge is -2.10. The van der Waals surface area contributed by atoms with Gasteiger partial charge in [0.2, 0.25) is 5.89 Å². The van der Waals surface area contributed by atoms with Crippen LogP contribution in [0.3, 0.4) is 0 Å². The number of hydrogen-bond acceptors (Lipinski definition) is 5. The predicted molar refractivity (Wildman–Crippen MR) is 115 cm³/mol. The number of nitrogens with one attached hydrogen (secondary N) is 1. The number of halogens is 5. The van der Waals surface area contributed by atoms with Gasteiger partial charge in [0.15, 0.2) is 18.2 Å². The third kappa shape index (κ3) is 5.52. The zero-order valence-electron chi connectivity index (χ0n) is 17.1. The minimum Gasteiger partial charge on any atom is -0.481 e. The van der Waals surface area contributed by atoms with Crippen molar-refractivity contribution >= 4 is 23.2 Å². The zero-order valence-corrected chi connectivity index (χ0v) is 17.8. The molecule has 6 nitrogen and oxygen atoms in total. The number of anilines is 1. The van der Waals surface area contributed by atoms with Crippen molar-refractivity contribution in [2.45, 2.75) is 12.8 Å². The average molecular weight is 492 g/mol. The van der Waals surface area contributed by atoms with Gasteiger partial charge in [0, 0.05) is 27.9 Å². The highest BCUT2D eigenvalue weighted by Crippen LogP contribution is 2.30. The highest BCUT2D eigenvalue weighted by atomic mass is 35.5. The van der Waals surface area contributed by atoms with E-state index in [0.29, 0.717) is 16.7 Å². The lowest BCUT2D eigenvalue weighted by atomic mass is 10.1. The molecular formula is C23H14ClF4N3O3. The molecule has 4 aromatic rings. The normalized spacial score (nSPS) is 11.3. The van der Waals surface area contributed by atoms with Gasteiger partial charge in [-0.25, -0.2) is 4.39 Å². The van der Waals surface area contributed by atoms with Gasteiger partial charge in [0.1, 0.15) is 0 Å². The van der Waals surface area contributed by atoms with Crippen molar-refractivity contribution in [3.05, 3.63) is 94.6 Å². The van der Waals surface area contributed by atoms with Crippen molar-refractivity contribution in [2.24, 2.45) is 0 Å². The highest BCUT2D eigenvalue weighted by molar-refractivity contribution is 6.30. The fourth-order valence-electron chi connectivity index (χ4n) is 2.90. The molecule has 174 valence electrons. The first kappa shape index (κ1) is 23.2. The number of amides is 1. The van der Waals surface area contributed by atoms with Gasteiger partial charge in [-0.1, -0.05) is 17.7 Å². The maximum atomic E-state index is 14.4. The molecular weight excluding hydrogens is 478 g/mol. The number of carbonyl (C=O) groups is 1. The summed E-state index contributed by atoms with van der Waals surface area (Å²) >= 11 is 5.84. The van der Waals surface area contributed by atoms with E-state index in [1.165, 1.54) is 18.2 Å². The molecule has 1 amide bonds. The first-order valence-electron chi connectivity index (χ1n) is 9.68. The number of hydrogen-bond donors (Lipinski definition) is 1.